The minimum Gasteiger partial charge on any atom is -0.0613 e. The molecule has 0 spiro atoms. The maximum atomic E-state index is 2.48. The molecule has 0 amide bonds. The molecule has 25 heavy (non-hydrogen) atoms. The average Bonchev–Trinajstić information content (AvgIpc) is 2.81. The number of fused-ring (bicyclic) bond motifs is 5. The fraction of sp³-hybridized carbons (Fsp3) is 0.360. The van der Waals surface area contributed by atoms with Crippen LogP contribution in [0.3, 0.4) is 0 Å². The van der Waals surface area contributed by atoms with Crippen molar-refractivity contribution in [1.82, 2.24) is 0 Å². The number of hydrogen-bond donors (Lipinski definition) is 0. The third kappa shape index (κ3) is 2.20. The van der Waals surface area contributed by atoms with Crippen LogP contribution in [0.4, 0.5) is 0 Å². The summed E-state index contributed by atoms with van der Waals surface area (Å²) < 4.78 is 0. The van der Waals surface area contributed by atoms with Gasteiger partial charge in [-0.2, -0.15) is 0 Å². The average molecular weight is 328 g/mol. The molecule has 3 aromatic carbocycles. The molecule has 0 bridgehead atoms. The molecule has 128 valence electrons. The fourth-order valence-corrected chi connectivity index (χ4v) is 4.71. The second kappa shape index (κ2) is 5.46. The number of rotatable bonds is 2. The van der Waals surface area contributed by atoms with Gasteiger partial charge in [0.15, 0.2) is 0 Å². The Kier molecular flexibility index (Phi) is 3.58. The highest BCUT2D eigenvalue weighted by molar-refractivity contribution is 6.04. The standard InChI is InChI=1S/C25H28/c1-7-17-13-20-16(4)12-23-24(21(20)14-18(17)8-2)19-10-9-15(3)11-22(19)25(23,5)6/h9-14H,7-8H2,1-6H3. The van der Waals surface area contributed by atoms with E-state index in [1.807, 2.05) is 0 Å². The van der Waals surface area contributed by atoms with Crippen LogP contribution in [0.15, 0.2) is 36.4 Å². The first-order valence-corrected chi connectivity index (χ1v) is 9.59. The summed E-state index contributed by atoms with van der Waals surface area (Å²) in [6, 6.07) is 14.4. The van der Waals surface area contributed by atoms with Crippen molar-refractivity contribution in [3.8, 4) is 11.1 Å². The molecule has 0 heterocycles. The molecule has 0 atom stereocenters. The molecule has 1 aliphatic rings. The van der Waals surface area contributed by atoms with Crippen molar-refractivity contribution in [2.75, 3.05) is 0 Å². The van der Waals surface area contributed by atoms with Crippen molar-refractivity contribution in [1.29, 1.82) is 0 Å². The van der Waals surface area contributed by atoms with Gasteiger partial charge in [-0.3, -0.25) is 0 Å². The summed E-state index contributed by atoms with van der Waals surface area (Å²) in [5.74, 6) is 0. The molecule has 0 radical (unpaired) electrons. The van der Waals surface area contributed by atoms with E-state index in [0.29, 0.717) is 0 Å². The summed E-state index contributed by atoms with van der Waals surface area (Å²) in [6.45, 7) is 13.8. The van der Waals surface area contributed by atoms with Crippen molar-refractivity contribution in [2.24, 2.45) is 0 Å². The second-order valence-corrected chi connectivity index (χ2v) is 8.16. The first-order valence-electron chi connectivity index (χ1n) is 9.59. The first-order chi connectivity index (χ1) is 11.9. The topological polar surface area (TPSA) is 0 Å². The molecule has 3 aromatic rings. The summed E-state index contributed by atoms with van der Waals surface area (Å²) in [5.41, 5.74) is 11.7. The van der Waals surface area contributed by atoms with Gasteiger partial charge in [0.25, 0.3) is 0 Å². The van der Waals surface area contributed by atoms with Gasteiger partial charge >= 0.3 is 0 Å². The Balaban J connectivity index is 2.17. The highest BCUT2D eigenvalue weighted by atomic mass is 14.4. The van der Waals surface area contributed by atoms with Crippen molar-refractivity contribution >= 4 is 10.8 Å². The van der Waals surface area contributed by atoms with Crippen LogP contribution in [0.5, 0.6) is 0 Å². The number of hydrogen-bond acceptors (Lipinski definition) is 0. The summed E-state index contributed by atoms with van der Waals surface area (Å²) >= 11 is 0. The maximum Gasteiger partial charge on any atom is 0.0159 e. The molecule has 0 aliphatic heterocycles. The van der Waals surface area contributed by atoms with E-state index in [-0.39, 0.29) is 5.41 Å². The van der Waals surface area contributed by atoms with E-state index in [1.54, 1.807) is 0 Å². The zero-order valence-electron chi connectivity index (χ0n) is 16.4. The zero-order valence-corrected chi connectivity index (χ0v) is 16.4. The van der Waals surface area contributed by atoms with Gasteiger partial charge in [-0.05, 0) is 76.4 Å². The molecule has 4 rings (SSSR count). The molecule has 0 saturated heterocycles. The minimum absolute atomic E-state index is 0.0748. The summed E-state index contributed by atoms with van der Waals surface area (Å²) in [5, 5.41) is 2.87. The van der Waals surface area contributed by atoms with Crippen molar-refractivity contribution in [3.05, 3.63) is 69.8 Å². The van der Waals surface area contributed by atoms with Crippen LogP contribution in [0.1, 0.15) is 61.1 Å². The SMILES string of the molecule is CCc1cc2c(C)cc3c(c2cc1CC)-c1ccc(C)cc1C3(C)C. The van der Waals surface area contributed by atoms with E-state index < -0.39 is 0 Å². The smallest absolute Gasteiger partial charge is 0.0159 e. The van der Waals surface area contributed by atoms with Crippen molar-refractivity contribution < 1.29 is 0 Å². The van der Waals surface area contributed by atoms with Crippen molar-refractivity contribution in [3.63, 3.8) is 0 Å². The summed E-state index contributed by atoms with van der Waals surface area (Å²) in [6.07, 6.45) is 2.21. The van der Waals surface area contributed by atoms with Crippen molar-refractivity contribution in [2.45, 2.75) is 59.8 Å². The van der Waals surface area contributed by atoms with E-state index >= 15 is 0 Å². The summed E-state index contributed by atoms with van der Waals surface area (Å²) in [7, 11) is 0. The van der Waals surface area contributed by atoms with Crippen LogP contribution in [-0.4, -0.2) is 0 Å². The third-order valence-electron chi connectivity index (χ3n) is 6.22. The fourth-order valence-electron chi connectivity index (χ4n) is 4.71. The Labute approximate surface area is 151 Å². The normalized spacial score (nSPS) is 14.6. The molecule has 0 heteroatoms. The van der Waals surface area contributed by atoms with E-state index in [1.165, 1.54) is 55.3 Å². The predicted molar refractivity (Wildman–Crippen MR) is 110 cm³/mol. The number of aryl methyl sites for hydroxylation is 4. The zero-order chi connectivity index (χ0) is 17.9. The summed E-state index contributed by atoms with van der Waals surface area (Å²) in [4.78, 5) is 0. The highest BCUT2D eigenvalue weighted by Gasteiger charge is 2.36. The van der Waals surface area contributed by atoms with Crippen LogP contribution in [-0.2, 0) is 18.3 Å². The van der Waals surface area contributed by atoms with E-state index in [0.717, 1.165) is 12.8 Å². The van der Waals surface area contributed by atoms with Gasteiger partial charge in [0.2, 0.25) is 0 Å². The molecule has 1 aliphatic carbocycles. The Morgan fingerprint density at radius 2 is 1.40 bits per heavy atom. The molecular formula is C25H28. The lowest BCUT2D eigenvalue weighted by Crippen LogP contribution is -2.15. The molecule has 0 N–H and O–H groups in total. The van der Waals surface area contributed by atoms with E-state index in [9.17, 15) is 0 Å². The molecule has 0 aromatic heterocycles. The van der Waals surface area contributed by atoms with Gasteiger partial charge in [0.05, 0.1) is 0 Å². The van der Waals surface area contributed by atoms with Crippen LogP contribution in [0.2, 0.25) is 0 Å². The largest absolute Gasteiger partial charge is 0.0613 e. The first kappa shape index (κ1) is 16.4. The molecule has 0 nitrogen and oxygen atoms in total. The lowest BCUT2D eigenvalue weighted by Gasteiger charge is -2.23. The molecule has 0 saturated carbocycles. The minimum atomic E-state index is 0.0748. The maximum absolute atomic E-state index is 2.48. The van der Waals surface area contributed by atoms with Gasteiger partial charge in [0, 0.05) is 5.41 Å². The van der Waals surface area contributed by atoms with E-state index in [2.05, 4.69) is 77.9 Å². The lowest BCUT2D eigenvalue weighted by atomic mass is 9.80. The quantitative estimate of drug-likeness (QED) is 0.480. The lowest BCUT2D eigenvalue weighted by molar-refractivity contribution is 0.659. The van der Waals surface area contributed by atoms with Gasteiger partial charge in [-0.25, -0.2) is 0 Å². The van der Waals surface area contributed by atoms with Crippen LogP contribution in [0.25, 0.3) is 21.9 Å². The van der Waals surface area contributed by atoms with Crippen LogP contribution >= 0.6 is 0 Å². The molecular weight excluding hydrogens is 300 g/mol. The van der Waals surface area contributed by atoms with Crippen LogP contribution in [0, 0.1) is 13.8 Å². The molecule has 0 fully saturated rings. The van der Waals surface area contributed by atoms with Gasteiger partial charge < -0.3 is 0 Å². The number of benzene rings is 3. The monoisotopic (exact) mass is 328 g/mol. The van der Waals surface area contributed by atoms with E-state index in [4.69, 9.17) is 0 Å². The van der Waals surface area contributed by atoms with Gasteiger partial charge in [-0.1, -0.05) is 69.7 Å². The van der Waals surface area contributed by atoms with Gasteiger partial charge in [-0.15, -0.1) is 0 Å². The Morgan fingerprint density at radius 3 is 2.04 bits per heavy atom. The third-order valence-corrected chi connectivity index (χ3v) is 6.22. The second-order valence-electron chi connectivity index (χ2n) is 8.16. The molecule has 0 unspecified atom stereocenters. The Morgan fingerprint density at radius 1 is 0.760 bits per heavy atom. The van der Waals surface area contributed by atoms with Gasteiger partial charge in [0.1, 0.15) is 0 Å². The Bertz CT molecular complexity index is 1000. The Hall–Kier alpha value is -2.08. The predicted octanol–water partition coefficient (Wildman–Crippen LogP) is 6.89. The van der Waals surface area contributed by atoms with Crippen LogP contribution < -0.4 is 0 Å². The highest BCUT2D eigenvalue weighted by Crippen LogP contribution is 2.52.